The Morgan fingerprint density at radius 2 is 2.24 bits per heavy atom. The SMILES string of the molecule is CC1COc2c(F)cc(C3CC3)c(OP(=O)(O)OCO)c21. The highest BCUT2D eigenvalue weighted by Crippen LogP contribution is 2.56. The van der Waals surface area contributed by atoms with Gasteiger partial charge in [0.05, 0.1) is 6.61 Å². The fraction of sp³-hybridized carbons (Fsp3) is 0.538. The van der Waals surface area contributed by atoms with Crippen LogP contribution in [0.5, 0.6) is 11.5 Å². The molecule has 6 nitrogen and oxygen atoms in total. The van der Waals surface area contributed by atoms with Crippen molar-refractivity contribution in [2.75, 3.05) is 13.4 Å². The number of aliphatic hydroxyl groups excluding tert-OH is 1. The zero-order valence-electron chi connectivity index (χ0n) is 11.4. The van der Waals surface area contributed by atoms with Crippen LogP contribution in [0.15, 0.2) is 6.07 Å². The number of phosphoric ester groups is 1. The molecule has 1 aromatic rings. The number of fused-ring (bicyclic) bond motifs is 1. The van der Waals surface area contributed by atoms with Crippen LogP contribution in [0.2, 0.25) is 0 Å². The molecule has 0 bridgehead atoms. The van der Waals surface area contributed by atoms with Gasteiger partial charge in [-0.15, -0.1) is 0 Å². The van der Waals surface area contributed by atoms with Crippen LogP contribution >= 0.6 is 7.82 Å². The van der Waals surface area contributed by atoms with Gasteiger partial charge in [-0.2, -0.15) is 0 Å². The molecule has 2 aliphatic rings. The van der Waals surface area contributed by atoms with Gasteiger partial charge in [-0.25, -0.2) is 8.96 Å². The average molecular weight is 318 g/mol. The number of hydrogen-bond acceptors (Lipinski definition) is 5. The van der Waals surface area contributed by atoms with E-state index in [1.165, 1.54) is 6.07 Å². The Kier molecular flexibility index (Phi) is 3.69. The van der Waals surface area contributed by atoms with E-state index in [2.05, 4.69) is 4.52 Å². The third-order valence-electron chi connectivity index (χ3n) is 3.67. The number of hydrogen-bond donors (Lipinski definition) is 2. The van der Waals surface area contributed by atoms with Crippen molar-refractivity contribution in [2.24, 2.45) is 0 Å². The first kappa shape index (κ1) is 14.8. The lowest BCUT2D eigenvalue weighted by atomic mass is 9.97. The number of ether oxygens (including phenoxy) is 1. The molecule has 1 saturated carbocycles. The first-order chi connectivity index (χ1) is 9.93. The molecule has 1 heterocycles. The van der Waals surface area contributed by atoms with Gasteiger partial charge >= 0.3 is 7.82 Å². The van der Waals surface area contributed by atoms with Crippen LogP contribution in [-0.4, -0.2) is 23.4 Å². The topological polar surface area (TPSA) is 85.2 Å². The summed E-state index contributed by atoms with van der Waals surface area (Å²) in [7, 11) is -4.46. The Hall–Kier alpha value is -1.14. The van der Waals surface area contributed by atoms with E-state index in [0.29, 0.717) is 11.1 Å². The summed E-state index contributed by atoms with van der Waals surface area (Å²) in [5.74, 6) is -0.317. The second-order valence-electron chi connectivity index (χ2n) is 5.32. The van der Waals surface area contributed by atoms with Crippen molar-refractivity contribution in [3.05, 3.63) is 23.0 Å². The molecular formula is C13H16FO6P. The second-order valence-corrected chi connectivity index (χ2v) is 6.70. The first-order valence-corrected chi connectivity index (χ1v) is 8.19. The highest BCUT2D eigenvalue weighted by molar-refractivity contribution is 7.47. The Bertz CT molecular complexity index is 615. The maximum atomic E-state index is 14.1. The van der Waals surface area contributed by atoms with Crippen molar-refractivity contribution < 1.29 is 32.7 Å². The van der Waals surface area contributed by atoms with Gasteiger partial charge in [0.15, 0.2) is 18.4 Å². The summed E-state index contributed by atoms with van der Waals surface area (Å²) >= 11 is 0. The molecule has 2 unspecified atom stereocenters. The molecule has 0 saturated heterocycles. The van der Waals surface area contributed by atoms with Crippen LogP contribution in [0.3, 0.4) is 0 Å². The molecule has 1 aromatic carbocycles. The Morgan fingerprint density at radius 1 is 1.52 bits per heavy atom. The lowest BCUT2D eigenvalue weighted by molar-refractivity contribution is 0.0683. The van der Waals surface area contributed by atoms with Crippen LogP contribution in [0.25, 0.3) is 0 Å². The minimum absolute atomic E-state index is 0.0610. The summed E-state index contributed by atoms with van der Waals surface area (Å²) in [5.41, 5.74) is 1.01. The van der Waals surface area contributed by atoms with E-state index in [1.807, 2.05) is 6.92 Å². The van der Waals surface area contributed by atoms with Gasteiger partial charge in [0.1, 0.15) is 5.75 Å². The number of benzene rings is 1. The fourth-order valence-corrected chi connectivity index (χ4v) is 3.19. The molecule has 0 amide bonds. The predicted molar refractivity (Wildman–Crippen MR) is 70.9 cm³/mol. The zero-order chi connectivity index (χ0) is 15.2. The molecule has 116 valence electrons. The number of aliphatic hydroxyl groups is 1. The van der Waals surface area contributed by atoms with Crippen LogP contribution < -0.4 is 9.26 Å². The van der Waals surface area contributed by atoms with Crippen molar-refractivity contribution in [1.82, 2.24) is 0 Å². The summed E-state index contributed by atoms with van der Waals surface area (Å²) in [6.07, 6.45) is 1.75. The summed E-state index contributed by atoms with van der Waals surface area (Å²) in [4.78, 5) is 9.60. The van der Waals surface area contributed by atoms with E-state index in [-0.39, 0.29) is 29.9 Å². The zero-order valence-corrected chi connectivity index (χ0v) is 12.3. The minimum Gasteiger partial charge on any atom is -0.489 e. The number of halogens is 1. The van der Waals surface area contributed by atoms with Gasteiger partial charge in [0.25, 0.3) is 0 Å². The minimum atomic E-state index is -4.46. The van der Waals surface area contributed by atoms with Gasteiger partial charge in [-0.3, -0.25) is 9.42 Å². The standard InChI is InChI=1S/C13H16FO6P/c1-7-5-18-13-10(14)4-9(8-2-3-8)12(11(7)13)20-21(16,17)19-6-15/h4,7-8,15H,2-3,5-6H2,1H3,(H,16,17). The molecule has 0 spiro atoms. The van der Waals surface area contributed by atoms with E-state index in [9.17, 15) is 13.8 Å². The van der Waals surface area contributed by atoms with E-state index < -0.39 is 20.4 Å². The molecule has 1 fully saturated rings. The van der Waals surface area contributed by atoms with Crippen LogP contribution in [0.1, 0.15) is 42.7 Å². The fourth-order valence-electron chi connectivity index (χ4n) is 2.55. The summed E-state index contributed by atoms with van der Waals surface area (Å²) < 4.78 is 40.6. The molecule has 21 heavy (non-hydrogen) atoms. The number of phosphoric acid groups is 1. The molecular weight excluding hydrogens is 302 g/mol. The van der Waals surface area contributed by atoms with Crippen molar-refractivity contribution in [1.29, 1.82) is 0 Å². The third kappa shape index (κ3) is 2.79. The highest BCUT2D eigenvalue weighted by Gasteiger charge is 2.38. The van der Waals surface area contributed by atoms with Crippen molar-refractivity contribution in [2.45, 2.75) is 31.6 Å². The monoisotopic (exact) mass is 318 g/mol. The second kappa shape index (κ2) is 5.25. The average Bonchev–Trinajstić information content (AvgIpc) is 3.16. The molecule has 8 heteroatoms. The van der Waals surface area contributed by atoms with Crippen molar-refractivity contribution >= 4 is 7.82 Å². The Labute approximate surface area is 121 Å². The molecule has 0 radical (unpaired) electrons. The molecule has 2 N–H and O–H groups in total. The molecule has 2 atom stereocenters. The van der Waals surface area contributed by atoms with Gasteiger partial charge in [-0.05, 0) is 24.8 Å². The highest BCUT2D eigenvalue weighted by atomic mass is 31.2. The molecule has 3 rings (SSSR count). The van der Waals surface area contributed by atoms with Gasteiger partial charge < -0.3 is 14.4 Å². The van der Waals surface area contributed by atoms with E-state index in [0.717, 1.165) is 12.8 Å². The van der Waals surface area contributed by atoms with Gasteiger partial charge in [0, 0.05) is 17.0 Å². The quantitative estimate of drug-likeness (QED) is 0.641. The van der Waals surface area contributed by atoms with Crippen LogP contribution in [-0.2, 0) is 9.09 Å². The lowest BCUT2D eigenvalue weighted by Crippen LogP contribution is -2.04. The predicted octanol–water partition coefficient (Wildman–Crippen LogP) is 2.64. The normalized spacial score (nSPS) is 23.3. The van der Waals surface area contributed by atoms with E-state index in [1.54, 1.807) is 0 Å². The van der Waals surface area contributed by atoms with Crippen LogP contribution in [0.4, 0.5) is 4.39 Å². The summed E-state index contributed by atoms with van der Waals surface area (Å²) in [6, 6.07) is 1.29. The first-order valence-electron chi connectivity index (χ1n) is 6.70. The Balaban J connectivity index is 2.09. The molecule has 1 aliphatic heterocycles. The third-order valence-corrected chi connectivity index (χ3v) is 4.52. The summed E-state index contributed by atoms with van der Waals surface area (Å²) in [6.45, 7) is 1.17. The van der Waals surface area contributed by atoms with E-state index >= 15 is 0 Å². The smallest absolute Gasteiger partial charge is 0.489 e. The lowest BCUT2D eigenvalue weighted by Gasteiger charge is -2.18. The van der Waals surface area contributed by atoms with Gasteiger partial charge in [0.2, 0.25) is 0 Å². The van der Waals surface area contributed by atoms with Crippen LogP contribution in [0, 0.1) is 5.82 Å². The maximum Gasteiger partial charge on any atom is 0.529 e. The molecule has 1 aliphatic carbocycles. The van der Waals surface area contributed by atoms with E-state index in [4.69, 9.17) is 14.4 Å². The Morgan fingerprint density at radius 3 is 2.86 bits per heavy atom. The van der Waals surface area contributed by atoms with Gasteiger partial charge in [-0.1, -0.05) is 6.92 Å². The molecule has 0 aromatic heterocycles. The summed E-state index contributed by atoms with van der Waals surface area (Å²) in [5, 5.41) is 8.64. The van der Waals surface area contributed by atoms with Crippen molar-refractivity contribution in [3.8, 4) is 11.5 Å². The maximum absolute atomic E-state index is 14.1. The van der Waals surface area contributed by atoms with Crippen molar-refractivity contribution in [3.63, 3.8) is 0 Å². The largest absolute Gasteiger partial charge is 0.529 e. The number of rotatable bonds is 5.